The highest BCUT2D eigenvalue weighted by molar-refractivity contribution is 5.77. The Bertz CT molecular complexity index is 564. The maximum absolute atomic E-state index is 14.1. The number of alkyl halides is 3. The Morgan fingerprint density at radius 2 is 2.14 bits per heavy atom. The lowest BCUT2D eigenvalue weighted by atomic mass is 9.86. The fraction of sp³-hybridized carbons (Fsp3) is 0.583. The van der Waals surface area contributed by atoms with Gasteiger partial charge >= 0.3 is 12.1 Å². The minimum absolute atomic E-state index is 0.0832. The number of aryl methyl sites for hydroxylation is 1. The molecule has 0 aromatic carbocycles. The van der Waals surface area contributed by atoms with Gasteiger partial charge in [0.1, 0.15) is 6.33 Å². The van der Waals surface area contributed by atoms with Gasteiger partial charge < -0.3 is 10.0 Å². The number of rotatable bonds is 3. The van der Waals surface area contributed by atoms with E-state index in [4.69, 9.17) is 5.11 Å². The molecule has 1 aromatic heterocycles. The second kappa shape index (κ2) is 5.12. The molecule has 2 rings (SSSR count). The normalized spacial score (nSPS) is 22.6. The van der Waals surface area contributed by atoms with Crippen molar-refractivity contribution in [1.82, 2.24) is 9.97 Å². The van der Waals surface area contributed by atoms with Crippen LogP contribution < -0.4 is 4.90 Å². The van der Waals surface area contributed by atoms with Gasteiger partial charge in [0.2, 0.25) is 0 Å². The van der Waals surface area contributed by atoms with E-state index in [1.54, 1.807) is 6.92 Å². The number of carbonyl (C=O) groups is 1. The van der Waals surface area contributed by atoms with Gasteiger partial charge in [-0.15, -0.1) is 0 Å². The van der Waals surface area contributed by atoms with Crippen LogP contribution in [0.5, 0.6) is 0 Å². The van der Waals surface area contributed by atoms with Crippen molar-refractivity contribution in [3.63, 3.8) is 0 Å². The lowest BCUT2D eigenvalue weighted by Crippen LogP contribution is -2.47. The van der Waals surface area contributed by atoms with Gasteiger partial charge in [-0.05, 0) is 12.8 Å². The first-order valence-corrected chi connectivity index (χ1v) is 6.27. The van der Waals surface area contributed by atoms with Gasteiger partial charge in [-0.3, -0.25) is 4.79 Å². The summed E-state index contributed by atoms with van der Waals surface area (Å²) in [6.45, 7) is 0.558. The summed E-state index contributed by atoms with van der Waals surface area (Å²) in [6, 6.07) is 0. The molecule has 2 heterocycles. The third-order valence-corrected chi connectivity index (χ3v) is 3.70. The number of aliphatic carboxylic acids is 1. The first kappa shape index (κ1) is 15.5. The second-order valence-corrected chi connectivity index (χ2v) is 4.87. The fourth-order valence-electron chi connectivity index (χ4n) is 2.38. The monoisotopic (exact) mass is 307 g/mol. The van der Waals surface area contributed by atoms with Crippen molar-refractivity contribution < 1.29 is 27.5 Å². The molecule has 9 heteroatoms. The summed E-state index contributed by atoms with van der Waals surface area (Å²) in [6.07, 6.45) is -4.23. The van der Waals surface area contributed by atoms with Crippen molar-refractivity contribution >= 4 is 11.8 Å². The number of carboxylic acid groups (broad SMARTS) is 1. The van der Waals surface area contributed by atoms with Gasteiger partial charge in [0.25, 0.3) is 0 Å². The Morgan fingerprint density at radius 1 is 1.48 bits per heavy atom. The van der Waals surface area contributed by atoms with Crippen molar-refractivity contribution in [2.75, 3.05) is 18.0 Å². The van der Waals surface area contributed by atoms with Crippen LogP contribution in [0.15, 0.2) is 6.33 Å². The van der Waals surface area contributed by atoms with Gasteiger partial charge in [-0.25, -0.2) is 14.4 Å². The van der Waals surface area contributed by atoms with Gasteiger partial charge in [0.15, 0.2) is 17.1 Å². The van der Waals surface area contributed by atoms with Crippen LogP contribution in [0, 0.1) is 11.2 Å². The predicted octanol–water partition coefficient (Wildman–Crippen LogP) is 2.02. The van der Waals surface area contributed by atoms with Crippen LogP contribution >= 0.6 is 0 Å². The highest BCUT2D eigenvalue weighted by Crippen LogP contribution is 2.46. The molecule has 1 aliphatic heterocycles. The molecule has 1 fully saturated rings. The van der Waals surface area contributed by atoms with Crippen molar-refractivity contribution in [2.45, 2.75) is 25.9 Å². The van der Waals surface area contributed by atoms with Gasteiger partial charge in [0.05, 0.1) is 5.69 Å². The van der Waals surface area contributed by atoms with Crippen LogP contribution in [-0.2, 0) is 11.2 Å². The van der Waals surface area contributed by atoms with Crippen LogP contribution in [0.4, 0.5) is 23.4 Å². The van der Waals surface area contributed by atoms with Crippen LogP contribution in [-0.4, -0.2) is 40.3 Å². The topological polar surface area (TPSA) is 66.3 Å². The molecule has 0 radical (unpaired) electrons. The molecule has 0 aliphatic carbocycles. The third kappa shape index (κ3) is 2.40. The number of hydrogen-bond donors (Lipinski definition) is 1. The third-order valence-electron chi connectivity index (χ3n) is 3.70. The van der Waals surface area contributed by atoms with E-state index in [2.05, 4.69) is 9.97 Å². The standard InChI is InChI=1S/C12H13F4N3O2/c1-2-7-8(13)9(18-6-17-7)19-4-3-11(5-19,10(20)21)12(14,15)16/h6H,2-5H2,1H3,(H,20,21). The number of nitrogens with zero attached hydrogens (tertiary/aromatic N) is 3. The number of hydrogen-bond acceptors (Lipinski definition) is 4. The largest absolute Gasteiger partial charge is 0.481 e. The number of aromatic nitrogens is 2. The Kier molecular flexibility index (Phi) is 3.77. The van der Waals surface area contributed by atoms with E-state index < -0.39 is 36.3 Å². The van der Waals surface area contributed by atoms with E-state index in [-0.39, 0.29) is 24.5 Å². The first-order valence-electron chi connectivity index (χ1n) is 6.27. The molecule has 0 bridgehead atoms. The molecule has 116 valence electrons. The average Bonchev–Trinajstić information content (AvgIpc) is 2.85. The molecule has 0 spiro atoms. The zero-order valence-electron chi connectivity index (χ0n) is 11.1. The molecule has 0 amide bonds. The minimum Gasteiger partial charge on any atom is -0.481 e. The van der Waals surface area contributed by atoms with E-state index in [0.29, 0.717) is 0 Å². The fourth-order valence-corrected chi connectivity index (χ4v) is 2.38. The summed E-state index contributed by atoms with van der Waals surface area (Å²) in [5.74, 6) is -3.04. The highest BCUT2D eigenvalue weighted by Gasteiger charge is 2.64. The molecule has 1 aliphatic rings. The zero-order valence-corrected chi connectivity index (χ0v) is 11.1. The van der Waals surface area contributed by atoms with Crippen molar-refractivity contribution in [2.24, 2.45) is 5.41 Å². The Labute approximate surface area is 117 Å². The molecule has 1 N–H and O–H groups in total. The maximum Gasteiger partial charge on any atom is 0.406 e. The summed E-state index contributed by atoms with van der Waals surface area (Å²) < 4.78 is 53.3. The Hall–Kier alpha value is -1.93. The summed E-state index contributed by atoms with van der Waals surface area (Å²) >= 11 is 0. The summed E-state index contributed by atoms with van der Waals surface area (Å²) in [7, 11) is 0. The number of anilines is 1. The SMILES string of the molecule is CCc1ncnc(N2CCC(C(=O)O)(C(F)(F)F)C2)c1F. The summed E-state index contributed by atoms with van der Waals surface area (Å²) in [5.41, 5.74) is -2.81. The molecule has 21 heavy (non-hydrogen) atoms. The smallest absolute Gasteiger partial charge is 0.406 e. The molecule has 1 atom stereocenters. The van der Waals surface area contributed by atoms with E-state index >= 15 is 0 Å². The highest BCUT2D eigenvalue weighted by atomic mass is 19.4. The van der Waals surface area contributed by atoms with Crippen LogP contribution in [0.3, 0.4) is 0 Å². The lowest BCUT2D eigenvalue weighted by Gasteiger charge is -2.27. The zero-order chi connectivity index (χ0) is 15.8. The Morgan fingerprint density at radius 3 is 2.62 bits per heavy atom. The van der Waals surface area contributed by atoms with Crippen LogP contribution in [0.2, 0.25) is 0 Å². The molecule has 0 saturated carbocycles. The Balaban J connectivity index is 2.37. The van der Waals surface area contributed by atoms with E-state index in [0.717, 1.165) is 11.2 Å². The van der Waals surface area contributed by atoms with Crippen molar-refractivity contribution in [1.29, 1.82) is 0 Å². The van der Waals surface area contributed by atoms with Crippen LogP contribution in [0.1, 0.15) is 19.0 Å². The molecule has 1 unspecified atom stereocenters. The molecular formula is C12H13F4N3O2. The van der Waals surface area contributed by atoms with E-state index in [1.165, 1.54) is 0 Å². The van der Waals surface area contributed by atoms with Crippen LogP contribution in [0.25, 0.3) is 0 Å². The average molecular weight is 307 g/mol. The maximum atomic E-state index is 14.1. The molecular weight excluding hydrogens is 294 g/mol. The predicted molar refractivity (Wildman–Crippen MR) is 64.3 cm³/mol. The molecule has 5 nitrogen and oxygen atoms in total. The lowest BCUT2D eigenvalue weighted by molar-refractivity contribution is -0.225. The quantitative estimate of drug-likeness (QED) is 0.865. The van der Waals surface area contributed by atoms with E-state index in [9.17, 15) is 22.4 Å². The molecule has 1 aromatic rings. The molecule has 1 saturated heterocycles. The van der Waals surface area contributed by atoms with Gasteiger partial charge in [-0.1, -0.05) is 6.92 Å². The van der Waals surface area contributed by atoms with Crippen molar-refractivity contribution in [3.8, 4) is 0 Å². The van der Waals surface area contributed by atoms with Gasteiger partial charge in [0, 0.05) is 13.1 Å². The first-order chi connectivity index (χ1) is 9.73. The van der Waals surface area contributed by atoms with Gasteiger partial charge in [-0.2, -0.15) is 13.2 Å². The number of halogens is 4. The van der Waals surface area contributed by atoms with Crippen molar-refractivity contribution in [3.05, 3.63) is 17.8 Å². The summed E-state index contributed by atoms with van der Waals surface area (Å²) in [4.78, 5) is 19.4. The second-order valence-electron chi connectivity index (χ2n) is 4.87. The number of carboxylic acids is 1. The summed E-state index contributed by atoms with van der Waals surface area (Å²) in [5, 5.41) is 8.96. The van der Waals surface area contributed by atoms with E-state index in [1.807, 2.05) is 0 Å². The minimum atomic E-state index is -4.91.